The summed E-state index contributed by atoms with van der Waals surface area (Å²) in [6.07, 6.45) is 0.182. The highest BCUT2D eigenvalue weighted by molar-refractivity contribution is 7.88. The molecule has 30 heavy (non-hydrogen) atoms. The van der Waals surface area contributed by atoms with Crippen molar-refractivity contribution in [2.75, 3.05) is 19.4 Å². The molecule has 1 N–H and O–H groups in total. The van der Waals surface area contributed by atoms with Gasteiger partial charge in [-0.2, -0.15) is 8.78 Å². The lowest BCUT2D eigenvalue weighted by atomic mass is 9.82. The third-order valence-corrected chi connectivity index (χ3v) is 6.93. The van der Waals surface area contributed by atoms with Crippen molar-refractivity contribution in [3.8, 4) is 5.75 Å². The average Bonchev–Trinajstić information content (AvgIpc) is 3.06. The van der Waals surface area contributed by atoms with Crippen LogP contribution in [-0.4, -0.2) is 62.9 Å². The standard InChI is InChI=1S/C20H26F2N2O5S/c1-30(26,27)23-16-10-11-24-17(16)12-28-14-8-6-13(7-9-14)15-4-2-3-5-18(15)29-20(21,22)19(24)25/h2-5,13-14,16-17,23H,6-12H2,1H3/t13?,14?,16-,17-/m0/s1. The van der Waals surface area contributed by atoms with E-state index in [2.05, 4.69) is 4.72 Å². The van der Waals surface area contributed by atoms with Gasteiger partial charge in [-0.3, -0.25) is 4.79 Å². The second kappa shape index (κ2) is 8.05. The van der Waals surface area contributed by atoms with Crippen molar-refractivity contribution in [2.24, 2.45) is 0 Å². The summed E-state index contributed by atoms with van der Waals surface area (Å²) in [6.45, 7) is -0.00871. The molecule has 166 valence electrons. The molecule has 0 unspecified atom stereocenters. The molecule has 1 saturated heterocycles. The monoisotopic (exact) mass is 444 g/mol. The zero-order chi connectivity index (χ0) is 21.5. The number of alkyl halides is 2. The van der Waals surface area contributed by atoms with Crippen LogP contribution in [0.2, 0.25) is 0 Å². The Morgan fingerprint density at radius 2 is 1.83 bits per heavy atom. The number of para-hydroxylation sites is 1. The highest BCUT2D eigenvalue weighted by Crippen LogP contribution is 2.41. The molecule has 10 heteroatoms. The van der Waals surface area contributed by atoms with E-state index in [1.165, 1.54) is 6.07 Å². The van der Waals surface area contributed by atoms with E-state index in [1.807, 2.05) is 0 Å². The van der Waals surface area contributed by atoms with Gasteiger partial charge in [0.1, 0.15) is 5.75 Å². The predicted octanol–water partition coefficient (Wildman–Crippen LogP) is 2.23. The van der Waals surface area contributed by atoms with Crippen LogP contribution in [0.25, 0.3) is 0 Å². The number of benzene rings is 1. The van der Waals surface area contributed by atoms with Crippen LogP contribution >= 0.6 is 0 Å². The Morgan fingerprint density at radius 3 is 2.53 bits per heavy atom. The Morgan fingerprint density at radius 1 is 1.13 bits per heavy atom. The van der Waals surface area contributed by atoms with Crippen molar-refractivity contribution in [2.45, 2.75) is 62.3 Å². The third-order valence-electron chi connectivity index (χ3n) is 6.19. The van der Waals surface area contributed by atoms with Crippen molar-refractivity contribution < 1.29 is 31.5 Å². The number of sulfonamides is 1. The Labute approximate surface area is 174 Å². The number of halogens is 2. The van der Waals surface area contributed by atoms with Gasteiger partial charge in [-0.15, -0.1) is 0 Å². The molecule has 2 fully saturated rings. The molecule has 2 bridgehead atoms. The van der Waals surface area contributed by atoms with E-state index >= 15 is 0 Å². The first kappa shape index (κ1) is 21.5. The van der Waals surface area contributed by atoms with Gasteiger partial charge in [-0.05, 0) is 49.7 Å². The van der Waals surface area contributed by atoms with Crippen LogP contribution in [0.3, 0.4) is 0 Å². The zero-order valence-electron chi connectivity index (χ0n) is 16.7. The van der Waals surface area contributed by atoms with Crippen LogP contribution in [0.15, 0.2) is 24.3 Å². The Kier molecular flexibility index (Phi) is 5.75. The van der Waals surface area contributed by atoms with Gasteiger partial charge in [-0.1, -0.05) is 18.2 Å². The van der Waals surface area contributed by atoms with Gasteiger partial charge >= 0.3 is 12.0 Å². The molecule has 1 aliphatic carbocycles. The average molecular weight is 445 g/mol. The summed E-state index contributed by atoms with van der Waals surface area (Å²) in [5.74, 6) is -1.40. The number of amides is 1. The lowest BCUT2D eigenvalue weighted by Crippen LogP contribution is -2.54. The number of hydrogen-bond donors (Lipinski definition) is 1. The summed E-state index contributed by atoms with van der Waals surface area (Å²) in [5.41, 5.74) is 0.678. The van der Waals surface area contributed by atoms with Crippen molar-refractivity contribution in [3.63, 3.8) is 0 Å². The van der Waals surface area contributed by atoms with Crippen LogP contribution in [0.5, 0.6) is 5.75 Å². The first-order valence-corrected chi connectivity index (χ1v) is 12.1. The molecule has 1 amide bonds. The molecular weight excluding hydrogens is 418 g/mol. The Balaban J connectivity index is 1.68. The number of ether oxygens (including phenoxy) is 2. The topological polar surface area (TPSA) is 84.9 Å². The summed E-state index contributed by atoms with van der Waals surface area (Å²) in [4.78, 5) is 13.8. The number of rotatable bonds is 2. The molecule has 1 aromatic carbocycles. The maximum absolute atomic E-state index is 14.9. The lowest BCUT2D eigenvalue weighted by molar-refractivity contribution is -0.205. The SMILES string of the molecule is CS(=O)(=O)N[C@H]1CCN2C(=O)C(F)(F)Oc3ccccc3C3CCC(CC3)OC[C@@H]12. The Hall–Kier alpha value is -1.78. The first-order chi connectivity index (χ1) is 14.1. The second-order valence-electron chi connectivity index (χ2n) is 8.31. The fourth-order valence-electron chi connectivity index (χ4n) is 4.76. The lowest BCUT2D eigenvalue weighted by Gasteiger charge is -2.32. The summed E-state index contributed by atoms with van der Waals surface area (Å²) in [6, 6.07) is 5.11. The highest BCUT2D eigenvalue weighted by Gasteiger charge is 2.51. The zero-order valence-corrected chi connectivity index (χ0v) is 17.5. The minimum atomic E-state index is -4.07. The van der Waals surface area contributed by atoms with E-state index in [9.17, 15) is 22.0 Å². The molecule has 0 radical (unpaired) electrons. The molecule has 0 spiro atoms. The van der Waals surface area contributed by atoms with Gasteiger partial charge in [-0.25, -0.2) is 13.1 Å². The third kappa shape index (κ3) is 4.45. The predicted molar refractivity (Wildman–Crippen MR) is 105 cm³/mol. The van der Waals surface area contributed by atoms with Gasteiger partial charge in [0, 0.05) is 12.6 Å². The smallest absolute Gasteiger partial charge is 0.425 e. The van der Waals surface area contributed by atoms with Crippen LogP contribution < -0.4 is 9.46 Å². The normalized spacial score (nSPS) is 31.7. The van der Waals surface area contributed by atoms with E-state index in [-0.39, 0.29) is 37.3 Å². The second-order valence-corrected chi connectivity index (χ2v) is 10.1. The maximum atomic E-state index is 14.9. The van der Waals surface area contributed by atoms with Crippen LogP contribution in [0.1, 0.15) is 43.6 Å². The molecule has 0 aromatic heterocycles. The minimum absolute atomic E-state index is 0.00269. The molecule has 1 aromatic rings. The summed E-state index contributed by atoms with van der Waals surface area (Å²) in [5, 5.41) is 0. The van der Waals surface area contributed by atoms with Gasteiger partial charge in [0.2, 0.25) is 10.0 Å². The fraction of sp³-hybridized carbons (Fsp3) is 0.650. The largest absolute Gasteiger partial charge is 0.482 e. The molecule has 2 atom stereocenters. The molecule has 4 aliphatic rings. The summed E-state index contributed by atoms with van der Waals surface area (Å²) in [7, 11) is -3.57. The van der Waals surface area contributed by atoms with Crippen molar-refractivity contribution in [3.05, 3.63) is 29.8 Å². The van der Waals surface area contributed by atoms with Crippen LogP contribution in [-0.2, 0) is 19.6 Å². The van der Waals surface area contributed by atoms with Crippen LogP contribution in [0.4, 0.5) is 8.78 Å². The number of carbonyl (C=O) groups excluding carboxylic acids is 1. The van der Waals surface area contributed by atoms with Crippen LogP contribution in [0, 0.1) is 0 Å². The van der Waals surface area contributed by atoms with Gasteiger partial charge in [0.05, 0.1) is 25.0 Å². The number of nitrogens with zero attached hydrogens (tertiary/aromatic N) is 1. The van der Waals surface area contributed by atoms with E-state index in [0.29, 0.717) is 5.56 Å². The first-order valence-electron chi connectivity index (χ1n) is 10.2. The molecule has 3 heterocycles. The molecule has 1 saturated carbocycles. The molecule has 7 nitrogen and oxygen atoms in total. The maximum Gasteiger partial charge on any atom is 0.482 e. The summed E-state index contributed by atoms with van der Waals surface area (Å²) < 4.78 is 66.7. The molecule has 3 aliphatic heterocycles. The quantitative estimate of drug-likeness (QED) is 0.756. The van der Waals surface area contributed by atoms with Crippen molar-refractivity contribution in [1.82, 2.24) is 9.62 Å². The van der Waals surface area contributed by atoms with E-state index in [1.54, 1.807) is 18.2 Å². The highest BCUT2D eigenvalue weighted by atomic mass is 32.2. The van der Waals surface area contributed by atoms with Gasteiger partial charge in [0.15, 0.2) is 0 Å². The number of fused-ring (bicyclic) bond motifs is 5. The Bertz CT molecular complexity index is 902. The van der Waals surface area contributed by atoms with E-state index in [4.69, 9.17) is 9.47 Å². The van der Waals surface area contributed by atoms with Crippen molar-refractivity contribution >= 4 is 15.9 Å². The number of nitrogens with one attached hydrogen (secondary N) is 1. The van der Waals surface area contributed by atoms with E-state index in [0.717, 1.165) is 36.8 Å². The number of hydrogen-bond acceptors (Lipinski definition) is 5. The number of carbonyl (C=O) groups is 1. The molecular formula is C20H26F2N2O5S. The fourth-order valence-corrected chi connectivity index (χ4v) is 5.58. The van der Waals surface area contributed by atoms with Crippen molar-refractivity contribution in [1.29, 1.82) is 0 Å². The van der Waals surface area contributed by atoms with Gasteiger partial charge in [0.25, 0.3) is 0 Å². The van der Waals surface area contributed by atoms with E-state index < -0.39 is 34.1 Å². The molecule has 5 rings (SSSR count). The summed E-state index contributed by atoms with van der Waals surface area (Å²) >= 11 is 0. The minimum Gasteiger partial charge on any atom is -0.425 e. The van der Waals surface area contributed by atoms with Gasteiger partial charge < -0.3 is 14.4 Å².